The van der Waals surface area contributed by atoms with E-state index < -0.39 is 123 Å². The number of carbonyl (C=O) groups excluding carboxylic acids is 4. The third-order valence-corrected chi connectivity index (χ3v) is 14.9. The highest BCUT2D eigenvalue weighted by molar-refractivity contribution is 5.77. The molecule has 3 aliphatic rings. The molecule has 34 nitrogen and oxygen atoms in total. The smallest absolute Gasteiger partial charge is 0.222 e. The second-order valence-corrected chi connectivity index (χ2v) is 22.3. The SMILES string of the molecule is CCOCCOCCC(=O)NC(COCCC(=O)NCCOCCOCCOC1OC(CO)C(O)C(O)C1C)(COCCC(=O)NCCOCCOCCOC1OC(CO)C(O)C(O)C1C)COCCC(=O)NCCOCCOCCOC1OC(CO)C(O)C(O)C1C. The Morgan fingerprint density at radius 1 is 0.344 bits per heavy atom. The fourth-order valence-corrected chi connectivity index (χ4v) is 9.34. The van der Waals surface area contributed by atoms with Gasteiger partial charge in [0.15, 0.2) is 18.9 Å². The molecule has 3 aliphatic heterocycles. The summed E-state index contributed by atoms with van der Waals surface area (Å²) in [5, 5.41) is 100. The zero-order valence-corrected chi connectivity index (χ0v) is 54.5. The van der Waals surface area contributed by atoms with Crippen molar-refractivity contribution in [3.8, 4) is 0 Å². The van der Waals surface area contributed by atoms with Crippen molar-refractivity contribution in [2.45, 2.75) is 133 Å². The van der Waals surface area contributed by atoms with Gasteiger partial charge in [0.2, 0.25) is 23.6 Å². The van der Waals surface area contributed by atoms with E-state index in [9.17, 15) is 65.1 Å². The van der Waals surface area contributed by atoms with E-state index in [1.54, 1.807) is 20.8 Å². The monoisotopic (exact) mass is 1350 g/mol. The first-order chi connectivity index (χ1) is 44.9. The maximum atomic E-state index is 13.5. The van der Waals surface area contributed by atoms with Crippen LogP contribution in [0.3, 0.4) is 0 Å². The number of hydrogen-bond acceptors (Lipinski definition) is 30. The van der Waals surface area contributed by atoms with Crippen molar-refractivity contribution in [1.29, 1.82) is 0 Å². The van der Waals surface area contributed by atoms with Crippen LogP contribution < -0.4 is 21.3 Å². The number of amides is 4. The van der Waals surface area contributed by atoms with Crippen LogP contribution in [0.4, 0.5) is 0 Å². The van der Waals surface area contributed by atoms with Crippen molar-refractivity contribution in [3.63, 3.8) is 0 Å². The van der Waals surface area contributed by atoms with Crippen LogP contribution >= 0.6 is 0 Å². The summed E-state index contributed by atoms with van der Waals surface area (Å²) in [5.41, 5.74) is -1.39. The van der Waals surface area contributed by atoms with Gasteiger partial charge in [-0.15, -0.1) is 0 Å². The number of aliphatic hydroxyl groups is 9. The standard InChI is InChI=1S/C59H110N4O30/c1-5-77-20-21-78-13-9-49(70)63-59(37-85-14-6-46(67)60-10-17-79-22-25-82-28-31-88-56-40(2)50(71)53(74)43(34-64)91-56,38-86-15-7-47(68)61-11-18-80-23-26-83-29-32-89-57-41(3)51(72)54(75)44(35-65)92-57)39-87-16-8-48(69)62-12-19-81-24-27-84-30-33-90-58-42(4)52(73)55(76)45(36-66)93-58/h40-45,50-58,64-66,71-76H,5-39H2,1-4H3,(H,60,67)(H,61,68)(H,62,69)(H,63,70). The van der Waals surface area contributed by atoms with Gasteiger partial charge in [0.1, 0.15) is 42.2 Å². The number of rotatable bonds is 56. The van der Waals surface area contributed by atoms with Gasteiger partial charge in [-0.25, -0.2) is 0 Å². The van der Waals surface area contributed by atoms with Gasteiger partial charge < -0.3 is 148 Å². The van der Waals surface area contributed by atoms with Crippen LogP contribution in [0.15, 0.2) is 0 Å². The van der Waals surface area contributed by atoms with Crippen LogP contribution in [0.2, 0.25) is 0 Å². The lowest BCUT2D eigenvalue weighted by Crippen LogP contribution is -2.59. The van der Waals surface area contributed by atoms with Crippen molar-refractivity contribution in [2.75, 3.05) is 205 Å². The summed E-state index contributed by atoms with van der Waals surface area (Å²) < 4.78 is 95.7. The van der Waals surface area contributed by atoms with E-state index in [2.05, 4.69) is 21.3 Å². The van der Waals surface area contributed by atoms with E-state index >= 15 is 0 Å². The minimum Gasteiger partial charge on any atom is -0.394 e. The molecule has 34 heteroatoms. The molecule has 93 heavy (non-hydrogen) atoms. The van der Waals surface area contributed by atoms with Gasteiger partial charge in [-0.05, 0) is 6.92 Å². The molecule has 13 N–H and O–H groups in total. The summed E-state index contributed by atoms with van der Waals surface area (Å²) >= 11 is 0. The molecule has 546 valence electrons. The van der Waals surface area contributed by atoms with Crippen molar-refractivity contribution in [1.82, 2.24) is 21.3 Å². The van der Waals surface area contributed by atoms with Gasteiger partial charge in [0.25, 0.3) is 0 Å². The molecule has 0 radical (unpaired) electrons. The van der Waals surface area contributed by atoms with Gasteiger partial charge in [-0.3, -0.25) is 19.2 Å². The molecule has 0 spiro atoms. The van der Waals surface area contributed by atoms with Crippen molar-refractivity contribution in [2.24, 2.45) is 17.8 Å². The molecule has 0 aromatic carbocycles. The number of ether oxygens (including phenoxy) is 17. The molecule has 4 amide bonds. The molecule has 0 aromatic rings. The lowest BCUT2D eigenvalue weighted by Gasteiger charge is -2.40. The number of aliphatic hydroxyl groups excluding tert-OH is 9. The Bertz CT molecular complexity index is 1740. The lowest BCUT2D eigenvalue weighted by molar-refractivity contribution is -0.284. The van der Waals surface area contributed by atoms with Crippen molar-refractivity contribution < 1.29 is 146 Å². The van der Waals surface area contributed by atoms with E-state index in [0.29, 0.717) is 13.2 Å². The Balaban J connectivity index is 1.44. The predicted molar refractivity (Wildman–Crippen MR) is 322 cm³/mol. The number of nitrogens with one attached hydrogen (secondary N) is 4. The molecule has 3 fully saturated rings. The fourth-order valence-electron chi connectivity index (χ4n) is 9.34. The van der Waals surface area contributed by atoms with E-state index in [1.165, 1.54) is 0 Å². The van der Waals surface area contributed by atoms with Crippen LogP contribution in [0.25, 0.3) is 0 Å². The average molecular weight is 1360 g/mol. The molecular formula is C59H110N4O30. The normalized spacial score (nSPS) is 27.2. The minimum absolute atomic E-state index is 0.0610. The maximum Gasteiger partial charge on any atom is 0.222 e. The molecule has 3 heterocycles. The molecular weight excluding hydrogens is 1240 g/mol. The van der Waals surface area contributed by atoms with Crippen LogP contribution in [0, 0.1) is 17.8 Å². The first kappa shape index (κ1) is 84.1. The van der Waals surface area contributed by atoms with Crippen LogP contribution in [-0.2, 0) is 99.7 Å². The number of hydrogen-bond donors (Lipinski definition) is 13. The highest BCUT2D eigenvalue weighted by atomic mass is 16.7. The first-order valence-corrected chi connectivity index (χ1v) is 32.1. The van der Waals surface area contributed by atoms with Gasteiger partial charge in [0, 0.05) is 69.7 Å². The topological polar surface area (TPSA) is 455 Å². The molecule has 3 saturated heterocycles. The van der Waals surface area contributed by atoms with Gasteiger partial charge in [0.05, 0.1) is 197 Å². The summed E-state index contributed by atoms with van der Waals surface area (Å²) in [7, 11) is 0. The number of carbonyl (C=O) groups is 4. The minimum atomic E-state index is -1.39. The lowest BCUT2D eigenvalue weighted by atomic mass is 9.92. The summed E-state index contributed by atoms with van der Waals surface area (Å²) in [6, 6.07) is 0. The summed E-state index contributed by atoms with van der Waals surface area (Å²) in [6.07, 6.45) is -12.7. The summed E-state index contributed by atoms with van der Waals surface area (Å²) in [5.74, 6) is -3.06. The summed E-state index contributed by atoms with van der Waals surface area (Å²) in [4.78, 5) is 52.0. The predicted octanol–water partition coefficient (Wildman–Crippen LogP) is -5.77. The van der Waals surface area contributed by atoms with Crippen LogP contribution in [-0.4, -0.2) is 354 Å². The first-order valence-electron chi connectivity index (χ1n) is 32.1. The maximum absolute atomic E-state index is 13.5. The van der Waals surface area contributed by atoms with Gasteiger partial charge in [-0.1, -0.05) is 20.8 Å². The van der Waals surface area contributed by atoms with E-state index in [0.717, 1.165) is 0 Å². The van der Waals surface area contributed by atoms with Crippen LogP contribution in [0.1, 0.15) is 53.4 Å². The zero-order chi connectivity index (χ0) is 68.1. The molecule has 0 aromatic heterocycles. The highest BCUT2D eigenvalue weighted by Gasteiger charge is 2.45. The molecule has 15 unspecified atom stereocenters. The molecule has 0 saturated carbocycles. The third kappa shape index (κ3) is 34.8. The third-order valence-electron chi connectivity index (χ3n) is 14.9. The highest BCUT2D eigenvalue weighted by Crippen LogP contribution is 2.29. The summed E-state index contributed by atoms with van der Waals surface area (Å²) in [6.45, 7) is 9.09. The Labute approximate surface area is 544 Å². The van der Waals surface area contributed by atoms with Crippen molar-refractivity contribution in [3.05, 3.63) is 0 Å². The zero-order valence-electron chi connectivity index (χ0n) is 54.5. The molecule has 15 atom stereocenters. The second-order valence-electron chi connectivity index (χ2n) is 22.3. The Kier molecular flexibility index (Phi) is 46.2. The largest absolute Gasteiger partial charge is 0.394 e. The van der Waals surface area contributed by atoms with Crippen molar-refractivity contribution >= 4 is 23.6 Å². The second kappa shape index (κ2) is 51.1. The Morgan fingerprint density at radius 3 is 0.903 bits per heavy atom. The quantitative estimate of drug-likeness (QED) is 0.0252. The molecule has 0 bridgehead atoms. The molecule has 0 aliphatic carbocycles. The van der Waals surface area contributed by atoms with Crippen LogP contribution in [0.5, 0.6) is 0 Å². The molecule has 3 rings (SSSR count). The van der Waals surface area contributed by atoms with Gasteiger partial charge >= 0.3 is 0 Å². The Morgan fingerprint density at radius 2 is 0.602 bits per heavy atom. The van der Waals surface area contributed by atoms with E-state index in [4.69, 9.17) is 80.5 Å². The fraction of sp³-hybridized carbons (Fsp3) is 0.932. The Hall–Kier alpha value is -3.16. The average Bonchev–Trinajstić information content (AvgIpc) is 1.09. The van der Waals surface area contributed by atoms with Gasteiger partial charge in [-0.2, -0.15) is 0 Å². The van der Waals surface area contributed by atoms with E-state index in [-0.39, 0.29) is 215 Å². The van der Waals surface area contributed by atoms with E-state index in [1.807, 2.05) is 6.92 Å².